The van der Waals surface area contributed by atoms with Crippen LogP contribution >= 0.6 is 11.3 Å². The van der Waals surface area contributed by atoms with Crippen molar-refractivity contribution in [3.8, 4) is 17.6 Å². The average Bonchev–Trinajstić information content (AvgIpc) is 3.15. The number of hydrogen-bond donors (Lipinski definition) is 2. The van der Waals surface area contributed by atoms with Crippen molar-refractivity contribution in [2.45, 2.75) is 5.92 Å². The Morgan fingerprint density at radius 1 is 1.09 bits per heavy atom. The Morgan fingerprint density at radius 2 is 1.67 bits per heavy atom. The summed E-state index contributed by atoms with van der Waals surface area (Å²) in [4.78, 5) is 25.8. The zero-order valence-corrected chi connectivity index (χ0v) is 18.7. The van der Waals surface area contributed by atoms with E-state index in [1.54, 1.807) is 68.8 Å². The highest BCUT2D eigenvalue weighted by molar-refractivity contribution is 7.07. The number of methoxy groups -OCH3 is 2. The van der Waals surface area contributed by atoms with Gasteiger partial charge < -0.3 is 20.9 Å². The standard InChI is InChI=1S/C24H20N4O4S/c1-31-15-7-3-13(4-8-15)11-18-23(30)28-21(26)17(12-25)19(20(22(27)29)24(28)33-18)14-5-9-16(32-2)10-6-14/h3-11,19H,26H2,1-2H3,(H2,27,29)/b18-11+/t19-/m1/s1. The van der Waals surface area contributed by atoms with E-state index in [2.05, 4.69) is 6.07 Å². The molecule has 4 rings (SSSR count). The molecule has 8 nitrogen and oxygen atoms in total. The first-order valence-corrected chi connectivity index (χ1v) is 10.7. The van der Waals surface area contributed by atoms with Gasteiger partial charge in [-0.2, -0.15) is 5.26 Å². The smallest absolute Gasteiger partial charge is 0.274 e. The summed E-state index contributed by atoms with van der Waals surface area (Å²) in [6.45, 7) is 0. The minimum atomic E-state index is -0.801. The van der Waals surface area contributed by atoms with E-state index in [1.165, 1.54) is 4.57 Å². The number of aromatic nitrogens is 1. The van der Waals surface area contributed by atoms with E-state index in [9.17, 15) is 14.9 Å². The van der Waals surface area contributed by atoms with E-state index in [1.807, 2.05) is 0 Å². The molecule has 33 heavy (non-hydrogen) atoms. The molecule has 2 aromatic carbocycles. The minimum Gasteiger partial charge on any atom is -0.497 e. The van der Waals surface area contributed by atoms with Gasteiger partial charge in [-0.25, -0.2) is 0 Å². The van der Waals surface area contributed by atoms with Crippen LogP contribution in [0.3, 0.4) is 0 Å². The number of fused-ring (bicyclic) bond motifs is 1. The number of carbonyl (C=O) groups is 1. The third-order valence-electron chi connectivity index (χ3n) is 5.40. The summed E-state index contributed by atoms with van der Waals surface area (Å²) in [5, 5.41) is 9.89. The van der Waals surface area contributed by atoms with Crippen LogP contribution in [0.25, 0.3) is 17.5 Å². The third-order valence-corrected chi connectivity index (χ3v) is 6.51. The van der Waals surface area contributed by atoms with Gasteiger partial charge in [0, 0.05) is 0 Å². The Morgan fingerprint density at radius 3 is 2.18 bits per heavy atom. The number of hydrogen-bond acceptors (Lipinski definition) is 7. The summed E-state index contributed by atoms with van der Waals surface area (Å²) in [5.41, 5.74) is 13.3. The van der Waals surface area contributed by atoms with Crippen molar-refractivity contribution >= 4 is 34.7 Å². The Bertz CT molecular complexity index is 1490. The molecule has 0 saturated heterocycles. The fourth-order valence-electron chi connectivity index (χ4n) is 3.77. The van der Waals surface area contributed by atoms with E-state index in [0.29, 0.717) is 26.3 Å². The lowest BCUT2D eigenvalue weighted by Crippen LogP contribution is -2.41. The summed E-state index contributed by atoms with van der Waals surface area (Å²) in [6, 6.07) is 16.2. The van der Waals surface area contributed by atoms with Crippen molar-refractivity contribution in [3.63, 3.8) is 0 Å². The largest absolute Gasteiger partial charge is 0.497 e. The fourth-order valence-corrected chi connectivity index (χ4v) is 4.95. The summed E-state index contributed by atoms with van der Waals surface area (Å²) >= 11 is 1.10. The molecule has 0 bridgehead atoms. The van der Waals surface area contributed by atoms with Crippen LogP contribution < -0.4 is 35.7 Å². The Kier molecular flexibility index (Phi) is 5.77. The van der Waals surface area contributed by atoms with Gasteiger partial charge in [0.15, 0.2) is 0 Å². The van der Waals surface area contributed by atoms with E-state index in [0.717, 1.165) is 16.9 Å². The van der Waals surface area contributed by atoms with Gasteiger partial charge in [-0.1, -0.05) is 24.3 Å². The number of thiazole rings is 1. The molecule has 0 unspecified atom stereocenters. The van der Waals surface area contributed by atoms with Gasteiger partial charge in [0.2, 0.25) is 5.91 Å². The summed E-state index contributed by atoms with van der Waals surface area (Å²) < 4.78 is 12.2. The molecule has 4 N–H and O–H groups in total. The molecule has 1 aliphatic heterocycles. The quantitative estimate of drug-likeness (QED) is 0.580. The number of nitriles is 1. The highest BCUT2D eigenvalue weighted by Crippen LogP contribution is 2.36. The summed E-state index contributed by atoms with van der Waals surface area (Å²) in [6.07, 6.45) is 1.69. The molecule has 1 aromatic heterocycles. The predicted molar refractivity (Wildman–Crippen MR) is 126 cm³/mol. The minimum absolute atomic E-state index is 0.0195. The van der Waals surface area contributed by atoms with Crippen LogP contribution in [0, 0.1) is 11.3 Å². The van der Waals surface area contributed by atoms with Crippen molar-refractivity contribution < 1.29 is 14.3 Å². The van der Waals surface area contributed by atoms with E-state index >= 15 is 0 Å². The van der Waals surface area contributed by atoms with Gasteiger partial charge in [0.1, 0.15) is 22.0 Å². The van der Waals surface area contributed by atoms with Crippen molar-refractivity contribution in [3.05, 3.63) is 84.8 Å². The number of benzene rings is 2. The molecular formula is C24H20N4O4S. The maximum atomic E-state index is 13.2. The molecule has 0 saturated carbocycles. The monoisotopic (exact) mass is 460 g/mol. The van der Waals surface area contributed by atoms with Crippen LogP contribution in [0.5, 0.6) is 11.5 Å². The molecule has 3 aromatic rings. The molecule has 0 fully saturated rings. The number of nitrogens with zero attached hydrogens (tertiary/aromatic N) is 2. The highest BCUT2D eigenvalue weighted by Gasteiger charge is 2.34. The second kappa shape index (κ2) is 8.68. The first-order chi connectivity index (χ1) is 15.9. The van der Waals surface area contributed by atoms with E-state index < -0.39 is 17.4 Å². The number of rotatable bonds is 5. The van der Waals surface area contributed by atoms with Crippen LogP contribution in [0.4, 0.5) is 0 Å². The Balaban J connectivity index is 2.01. The van der Waals surface area contributed by atoms with Gasteiger partial charge in [-0.3, -0.25) is 14.2 Å². The number of carbonyl (C=O) groups excluding carboxylic acids is 1. The fraction of sp³-hybridized carbons (Fsp3) is 0.125. The van der Waals surface area contributed by atoms with Crippen LogP contribution in [0.1, 0.15) is 17.0 Å². The molecule has 1 amide bonds. The van der Waals surface area contributed by atoms with Gasteiger partial charge in [-0.15, -0.1) is 11.3 Å². The van der Waals surface area contributed by atoms with Gasteiger partial charge in [0.25, 0.3) is 5.56 Å². The lowest BCUT2D eigenvalue weighted by molar-refractivity contribution is -0.113. The normalized spacial score (nSPS) is 15.7. The van der Waals surface area contributed by atoms with E-state index in [4.69, 9.17) is 20.9 Å². The third kappa shape index (κ3) is 3.77. The summed E-state index contributed by atoms with van der Waals surface area (Å²) in [7, 11) is 3.11. The van der Waals surface area contributed by atoms with Gasteiger partial charge >= 0.3 is 0 Å². The maximum absolute atomic E-state index is 13.2. The van der Waals surface area contributed by atoms with Crippen LogP contribution in [0.15, 0.2) is 58.9 Å². The molecule has 0 aliphatic carbocycles. The SMILES string of the molecule is COc1ccc(/C=c2/sc3n(c2=O)C(N)=C(C#N)[C@@H](c2ccc(OC)cc2)C=3C(N)=O)cc1. The van der Waals surface area contributed by atoms with Crippen molar-refractivity contribution in [2.75, 3.05) is 14.2 Å². The van der Waals surface area contributed by atoms with Gasteiger partial charge in [0.05, 0.1) is 41.9 Å². The Hall–Kier alpha value is -4.29. The van der Waals surface area contributed by atoms with Crippen molar-refractivity contribution in [2.24, 2.45) is 11.5 Å². The highest BCUT2D eigenvalue weighted by atomic mass is 32.1. The number of primary amides is 1. The summed E-state index contributed by atoms with van der Waals surface area (Å²) in [5.74, 6) is -0.247. The zero-order valence-electron chi connectivity index (χ0n) is 17.9. The molecule has 9 heteroatoms. The second-order valence-corrected chi connectivity index (χ2v) is 8.25. The lowest BCUT2D eigenvalue weighted by atomic mass is 9.83. The van der Waals surface area contributed by atoms with Gasteiger partial charge in [-0.05, 0) is 41.5 Å². The Labute approximate surface area is 192 Å². The number of amides is 1. The molecular weight excluding hydrogens is 440 g/mol. The number of ether oxygens (including phenoxy) is 2. The average molecular weight is 461 g/mol. The van der Waals surface area contributed by atoms with E-state index in [-0.39, 0.29) is 17.0 Å². The molecule has 166 valence electrons. The van der Waals surface area contributed by atoms with Crippen LogP contribution in [-0.2, 0) is 4.79 Å². The van der Waals surface area contributed by atoms with Crippen LogP contribution in [0.2, 0.25) is 0 Å². The van der Waals surface area contributed by atoms with Crippen molar-refractivity contribution in [1.29, 1.82) is 5.26 Å². The zero-order chi connectivity index (χ0) is 23.7. The molecule has 1 atom stereocenters. The lowest BCUT2D eigenvalue weighted by Gasteiger charge is -2.24. The molecule has 2 heterocycles. The predicted octanol–water partition coefficient (Wildman–Crippen LogP) is 0.840. The first kappa shape index (κ1) is 21.9. The van der Waals surface area contributed by atoms with Crippen molar-refractivity contribution in [1.82, 2.24) is 4.57 Å². The number of nitrogens with two attached hydrogens (primary N) is 2. The molecule has 0 radical (unpaired) electrons. The second-order valence-electron chi connectivity index (χ2n) is 7.22. The first-order valence-electron chi connectivity index (χ1n) is 9.85. The topological polar surface area (TPSA) is 133 Å². The molecule has 1 aliphatic rings. The van der Waals surface area contributed by atoms with Crippen LogP contribution in [-0.4, -0.2) is 24.7 Å². The molecule has 0 spiro atoms. The maximum Gasteiger partial charge on any atom is 0.274 e. The number of allylic oxidation sites excluding steroid dienone is 1.